The predicted octanol–water partition coefficient (Wildman–Crippen LogP) is 10.9. The Morgan fingerprint density at radius 3 is 1.57 bits per heavy atom. The lowest BCUT2D eigenvalue weighted by molar-refractivity contribution is 0.487. The van der Waals surface area contributed by atoms with Gasteiger partial charge in [-0.3, -0.25) is 0 Å². The summed E-state index contributed by atoms with van der Waals surface area (Å²) < 4.78 is 9.44. The molecule has 0 radical (unpaired) electrons. The summed E-state index contributed by atoms with van der Waals surface area (Å²) in [6, 6.07) is 91.7. The average Bonchev–Trinajstić information content (AvgIpc) is 3.72. The molecule has 0 saturated heterocycles. The lowest BCUT2D eigenvalue weighted by Gasteiger charge is -2.42. The van der Waals surface area contributed by atoms with Crippen LogP contribution < -0.4 is 41.2 Å². The third kappa shape index (κ3) is 5.69. The number of benzene rings is 10. The van der Waals surface area contributed by atoms with Gasteiger partial charge in [-0.2, -0.15) is 0 Å². The topological polar surface area (TPSA) is 17.4 Å². The van der Waals surface area contributed by atoms with Gasteiger partial charge in [-0.15, -0.1) is 0 Å². The third-order valence-corrected chi connectivity index (χ3v) is 18.6. The molecule has 1 aromatic heterocycles. The Hall–Kier alpha value is -8.12. The molecule has 304 valence electrons. The molecule has 0 fully saturated rings. The first-order chi connectivity index (χ1) is 32.3. The fourth-order valence-electron chi connectivity index (χ4n) is 11.1. The van der Waals surface area contributed by atoms with Gasteiger partial charge in [0.05, 0.1) is 16.7 Å². The van der Waals surface area contributed by atoms with E-state index in [1.54, 1.807) is 0 Å². The molecule has 2 aliphatic heterocycles. The second-order valence-electron chi connectivity index (χ2n) is 17.1. The van der Waals surface area contributed by atoms with Gasteiger partial charge in [0.2, 0.25) is 0 Å². The van der Waals surface area contributed by atoms with E-state index >= 15 is 0 Å². The van der Waals surface area contributed by atoms with Crippen LogP contribution in [0.4, 0.5) is 11.4 Å². The Balaban J connectivity index is 1.10. The lowest BCUT2D eigenvalue weighted by atomic mass is 9.44. The molecule has 13 rings (SSSR count). The van der Waals surface area contributed by atoms with E-state index in [0.29, 0.717) is 0 Å². The van der Waals surface area contributed by atoms with Crippen molar-refractivity contribution in [2.75, 3.05) is 4.81 Å². The van der Waals surface area contributed by atoms with Crippen molar-refractivity contribution in [1.82, 2.24) is 4.57 Å². The molecule has 11 aromatic rings. The van der Waals surface area contributed by atoms with Gasteiger partial charge in [0, 0.05) is 39.2 Å². The smallest absolute Gasteiger partial charge is 0.336 e. The van der Waals surface area contributed by atoms with Crippen LogP contribution in [0.5, 0.6) is 11.5 Å². The number of nitrogens with zero attached hydrogens (tertiary/aromatic N) is 2. The second-order valence-corrected chi connectivity index (χ2v) is 20.9. The maximum Gasteiger partial charge on any atom is 0.336 e. The minimum Gasteiger partial charge on any atom is -0.458 e. The number of hydrogen-bond acceptors (Lipinski definition) is 2. The number of aromatic nitrogens is 1. The summed E-state index contributed by atoms with van der Waals surface area (Å²) in [7, 11) is -2.88. The van der Waals surface area contributed by atoms with E-state index in [2.05, 4.69) is 258 Å². The summed E-state index contributed by atoms with van der Waals surface area (Å²) in [5.41, 5.74) is 12.8. The van der Waals surface area contributed by atoms with Gasteiger partial charge in [0.15, 0.2) is 8.07 Å². The molecular formula is C60H41BN2OSi. The van der Waals surface area contributed by atoms with Crippen LogP contribution in [0.2, 0.25) is 0 Å². The summed E-state index contributed by atoms with van der Waals surface area (Å²) in [6.45, 7) is -0.135. The molecule has 0 N–H and O–H groups in total. The predicted molar refractivity (Wildman–Crippen MR) is 275 cm³/mol. The monoisotopic (exact) mass is 844 g/mol. The Bertz CT molecular complexity index is 3440. The van der Waals surface area contributed by atoms with Crippen LogP contribution in [-0.4, -0.2) is 19.5 Å². The van der Waals surface area contributed by atoms with Gasteiger partial charge in [-0.05, 0) is 85.4 Å². The molecular weight excluding hydrogens is 804 g/mol. The molecule has 5 heteroatoms. The van der Waals surface area contributed by atoms with Gasteiger partial charge in [-0.25, -0.2) is 0 Å². The zero-order chi connectivity index (χ0) is 42.9. The van der Waals surface area contributed by atoms with Crippen molar-refractivity contribution in [2.24, 2.45) is 0 Å². The van der Waals surface area contributed by atoms with E-state index in [1.165, 1.54) is 70.3 Å². The van der Waals surface area contributed by atoms with E-state index in [1.807, 2.05) is 0 Å². The zero-order valence-electron chi connectivity index (χ0n) is 35.6. The zero-order valence-corrected chi connectivity index (χ0v) is 36.6. The highest BCUT2D eigenvalue weighted by Crippen LogP contribution is 2.47. The molecule has 3 heterocycles. The normalized spacial score (nSPS) is 12.7. The van der Waals surface area contributed by atoms with E-state index < -0.39 is 8.07 Å². The first-order valence-corrected chi connectivity index (χ1v) is 24.5. The molecule has 0 atom stereocenters. The third-order valence-electron chi connectivity index (χ3n) is 13.8. The minimum atomic E-state index is -2.88. The SMILES string of the molecule is c1ccc(N2B3c4ccccc4Oc4cc(-n5c6ccccc6c6ccccc65)cc(c43)-c3ccc(-c4ccccc4[Si](c4ccccc4)(c4ccccc4)c4ccccc4)cc32)cc1. The van der Waals surface area contributed by atoms with Crippen molar-refractivity contribution in [3.63, 3.8) is 0 Å². The summed E-state index contributed by atoms with van der Waals surface area (Å²) in [4.78, 5) is 2.56. The Labute approximate surface area is 380 Å². The fourth-order valence-corrected chi connectivity index (χ4v) is 16.1. The van der Waals surface area contributed by atoms with Crippen molar-refractivity contribution >= 4 is 79.8 Å². The van der Waals surface area contributed by atoms with Crippen LogP contribution in [0.15, 0.2) is 249 Å². The van der Waals surface area contributed by atoms with Crippen molar-refractivity contribution in [3.05, 3.63) is 249 Å². The van der Waals surface area contributed by atoms with Crippen LogP contribution in [0, 0.1) is 0 Å². The van der Waals surface area contributed by atoms with E-state index in [-0.39, 0.29) is 6.85 Å². The van der Waals surface area contributed by atoms with E-state index in [4.69, 9.17) is 4.74 Å². The van der Waals surface area contributed by atoms with Gasteiger partial charge in [-0.1, -0.05) is 200 Å². The lowest BCUT2D eigenvalue weighted by Crippen LogP contribution is -2.75. The van der Waals surface area contributed by atoms with Crippen molar-refractivity contribution < 1.29 is 4.74 Å². The summed E-state index contributed by atoms with van der Waals surface area (Å²) in [5, 5.41) is 7.89. The van der Waals surface area contributed by atoms with Crippen LogP contribution in [0.3, 0.4) is 0 Å². The summed E-state index contributed by atoms with van der Waals surface area (Å²) in [6.07, 6.45) is 0. The molecule has 0 unspecified atom stereocenters. The van der Waals surface area contributed by atoms with Gasteiger partial charge in [0.25, 0.3) is 0 Å². The van der Waals surface area contributed by atoms with Crippen LogP contribution in [0.1, 0.15) is 0 Å². The maximum absolute atomic E-state index is 7.02. The van der Waals surface area contributed by atoms with Crippen molar-refractivity contribution in [2.45, 2.75) is 0 Å². The van der Waals surface area contributed by atoms with Crippen LogP contribution in [0.25, 0.3) is 49.7 Å². The number of anilines is 2. The highest BCUT2D eigenvalue weighted by atomic mass is 28.3. The van der Waals surface area contributed by atoms with Crippen LogP contribution >= 0.6 is 0 Å². The Morgan fingerprint density at radius 1 is 0.385 bits per heavy atom. The molecule has 0 amide bonds. The van der Waals surface area contributed by atoms with Crippen molar-refractivity contribution in [3.8, 4) is 39.4 Å². The Kier molecular flexibility index (Phi) is 8.65. The Morgan fingerprint density at radius 2 is 0.923 bits per heavy atom. The molecule has 0 bridgehead atoms. The molecule has 65 heavy (non-hydrogen) atoms. The largest absolute Gasteiger partial charge is 0.458 e. The van der Waals surface area contributed by atoms with E-state index in [0.717, 1.165) is 34.0 Å². The standard InChI is InChI=1S/C60H41BN2OSi/c1-5-21-43(22-6-1)63-56-39-42(48-29-15-20-36-59(48)65(45-23-7-2-8-24-45,46-25-9-3-10-26-46)47-27-11-4-12-28-47)37-38-51(56)52-40-44(41-58-60(52)61(63)53-32-16-19-35-57(53)64-58)62-54-33-17-13-30-49(54)50-31-14-18-34-55(50)62/h1-41H. The highest BCUT2D eigenvalue weighted by Gasteiger charge is 2.45. The quantitative estimate of drug-likeness (QED) is 0.117. The first-order valence-electron chi connectivity index (χ1n) is 22.5. The number of fused-ring (bicyclic) bond motifs is 7. The second kappa shape index (κ2) is 15.0. The van der Waals surface area contributed by atoms with Gasteiger partial charge >= 0.3 is 6.85 Å². The highest BCUT2D eigenvalue weighted by molar-refractivity contribution is 7.20. The molecule has 2 aliphatic rings. The first kappa shape index (κ1) is 37.4. The summed E-state index contributed by atoms with van der Waals surface area (Å²) >= 11 is 0. The molecule has 0 saturated carbocycles. The maximum atomic E-state index is 7.02. The van der Waals surface area contributed by atoms with Crippen molar-refractivity contribution in [1.29, 1.82) is 0 Å². The molecule has 0 spiro atoms. The van der Waals surface area contributed by atoms with Gasteiger partial charge < -0.3 is 14.1 Å². The van der Waals surface area contributed by atoms with E-state index in [9.17, 15) is 0 Å². The molecule has 3 nitrogen and oxygen atoms in total. The van der Waals surface area contributed by atoms with Gasteiger partial charge in [0.1, 0.15) is 11.5 Å². The summed E-state index contributed by atoms with van der Waals surface area (Å²) in [5.74, 6) is 1.76. The number of ether oxygens (including phenoxy) is 1. The number of para-hydroxylation sites is 4. The number of rotatable bonds is 7. The fraction of sp³-hybridized carbons (Fsp3) is 0. The average molecular weight is 845 g/mol. The molecule has 0 aliphatic carbocycles. The number of hydrogen-bond donors (Lipinski definition) is 0. The van der Waals surface area contributed by atoms with Crippen LogP contribution in [-0.2, 0) is 0 Å². The molecule has 10 aromatic carbocycles. The minimum absolute atomic E-state index is 0.135.